The number of halogens is 2. The summed E-state index contributed by atoms with van der Waals surface area (Å²) in [6.07, 6.45) is 0. The van der Waals surface area contributed by atoms with Gasteiger partial charge in [0, 0.05) is 0 Å². The Balaban J connectivity index is 0.000000132. The van der Waals surface area contributed by atoms with Crippen molar-refractivity contribution in [3.63, 3.8) is 0 Å². The van der Waals surface area contributed by atoms with Gasteiger partial charge in [0.15, 0.2) is 0 Å². The summed E-state index contributed by atoms with van der Waals surface area (Å²) in [5.74, 6) is 0. The van der Waals surface area contributed by atoms with Crippen molar-refractivity contribution < 1.29 is 61.8 Å². The Kier molecular flexibility index (Phi) is 19.1. The molecule has 404 valence electrons. The molecule has 0 saturated carbocycles. The standard InChI is InChI=1S/4C20H15.2FH.2Zr/c4*1-14-12-16-8-5-11-19(20(16)13-14)18-10-4-7-15-6-2-3-9-17(15)18;;;;/h4*2-13H,1H3;2*1H;;/q4*-1;;;2*+2/p-2. The zero-order valence-electron chi connectivity index (χ0n) is 47.5. The van der Waals surface area contributed by atoms with Gasteiger partial charge in [-0.1, -0.05) is 244 Å². The molecule has 0 aliphatic carbocycles. The second kappa shape index (κ2) is 26.5. The first-order chi connectivity index (χ1) is 39.3. The molecular weight excluding hydrogens is 1180 g/mol. The van der Waals surface area contributed by atoms with Crippen LogP contribution in [0.5, 0.6) is 0 Å². The first-order valence-corrected chi connectivity index (χ1v) is 27.9. The summed E-state index contributed by atoms with van der Waals surface area (Å²) in [4.78, 5) is 0. The van der Waals surface area contributed by atoms with Gasteiger partial charge in [-0.05, 0) is 65.3 Å². The van der Waals surface area contributed by atoms with Crippen LogP contribution in [0.15, 0.2) is 291 Å². The van der Waals surface area contributed by atoms with Crippen molar-refractivity contribution in [1.29, 1.82) is 0 Å². The van der Waals surface area contributed by atoms with E-state index in [1.807, 2.05) is 0 Å². The third-order valence-corrected chi connectivity index (χ3v) is 15.9. The van der Waals surface area contributed by atoms with Crippen LogP contribution in [-0.4, -0.2) is 0 Å². The first-order valence-electron chi connectivity index (χ1n) is 27.9. The molecule has 0 amide bonds. The van der Waals surface area contributed by atoms with E-state index in [4.69, 9.17) is 0 Å². The molecule has 0 N–H and O–H groups in total. The predicted octanol–water partition coefficient (Wildman–Crippen LogP) is 16.8. The van der Waals surface area contributed by atoms with Gasteiger partial charge in [-0.15, -0.1) is 138 Å². The largest absolute Gasteiger partial charge is 2.00 e. The molecule has 0 aromatic heterocycles. The number of rotatable bonds is 4. The number of benzene rings is 12. The van der Waals surface area contributed by atoms with Crippen LogP contribution in [0.2, 0.25) is 0 Å². The van der Waals surface area contributed by atoms with Crippen molar-refractivity contribution in [2.75, 3.05) is 0 Å². The molecule has 0 saturated heterocycles. The van der Waals surface area contributed by atoms with Gasteiger partial charge < -0.3 is 9.41 Å². The smallest absolute Gasteiger partial charge is 1.00 e. The maximum Gasteiger partial charge on any atom is 2.00 e. The third kappa shape index (κ3) is 12.1. The Morgan fingerprint density at radius 2 is 0.357 bits per heavy atom. The Hall–Kier alpha value is -8.25. The normalized spacial score (nSPS) is 10.7. The van der Waals surface area contributed by atoms with Gasteiger partial charge in [0.05, 0.1) is 0 Å². The molecule has 84 heavy (non-hydrogen) atoms. The number of hydrogen-bond donors (Lipinski definition) is 0. The fourth-order valence-electron chi connectivity index (χ4n) is 12.3. The van der Waals surface area contributed by atoms with E-state index in [2.05, 4.69) is 319 Å². The molecule has 0 fully saturated rings. The molecule has 0 aliphatic rings. The Labute approximate surface area is 529 Å². The van der Waals surface area contributed by atoms with Gasteiger partial charge in [-0.25, -0.2) is 0 Å². The van der Waals surface area contributed by atoms with E-state index in [1.165, 1.54) is 153 Å². The van der Waals surface area contributed by atoms with Crippen LogP contribution in [0.25, 0.3) is 131 Å². The monoisotopic (exact) mass is 1240 g/mol. The van der Waals surface area contributed by atoms with E-state index in [0.717, 1.165) is 0 Å². The maximum absolute atomic E-state index is 2.28. The fourth-order valence-corrected chi connectivity index (χ4v) is 12.3. The van der Waals surface area contributed by atoms with Gasteiger partial charge in [0.1, 0.15) is 0 Å². The molecule has 0 bridgehead atoms. The predicted molar refractivity (Wildman–Crippen MR) is 349 cm³/mol. The fraction of sp³-hybridized carbons (Fsp3) is 0.0500. The van der Waals surface area contributed by atoms with Crippen molar-refractivity contribution in [1.82, 2.24) is 0 Å². The summed E-state index contributed by atoms with van der Waals surface area (Å²) < 4.78 is 0. The SMILES string of the molecule is Cc1cc2c(-c3cccc4ccccc34)cccc2[cH-]1.Cc1cc2c(-c3cccc4ccccc34)cccc2[cH-]1.Cc1cc2c(-c3cccc4ccccc34)cccc2[cH-]1.Cc1cc2c(-c3cccc4ccccc34)cccc2[cH-]1.[F-].[F-].[Zr+2].[Zr+2]. The number of fused-ring (bicyclic) bond motifs is 8. The first kappa shape index (κ1) is 60.3. The quantitative estimate of drug-likeness (QED) is 0.154. The summed E-state index contributed by atoms with van der Waals surface area (Å²) in [5, 5.41) is 21.2. The van der Waals surface area contributed by atoms with E-state index < -0.39 is 0 Å². The van der Waals surface area contributed by atoms with E-state index in [1.54, 1.807) is 0 Å². The molecule has 4 heteroatoms. The van der Waals surface area contributed by atoms with Crippen LogP contribution in [-0.2, 0) is 52.4 Å². The van der Waals surface area contributed by atoms with E-state index in [-0.39, 0.29) is 61.8 Å². The van der Waals surface area contributed by atoms with E-state index >= 15 is 0 Å². The van der Waals surface area contributed by atoms with Crippen LogP contribution in [0, 0.1) is 27.7 Å². The van der Waals surface area contributed by atoms with E-state index in [9.17, 15) is 0 Å². The molecule has 0 atom stereocenters. The Bertz CT molecular complexity index is 4270. The van der Waals surface area contributed by atoms with Crippen molar-refractivity contribution in [3.05, 3.63) is 313 Å². The molecule has 16 aromatic rings. The minimum Gasteiger partial charge on any atom is -1.00 e. The molecule has 0 radical (unpaired) electrons. The third-order valence-electron chi connectivity index (χ3n) is 15.9. The van der Waals surface area contributed by atoms with Crippen molar-refractivity contribution >= 4 is 86.2 Å². The Morgan fingerprint density at radius 1 is 0.190 bits per heavy atom. The van der Waals surface area contributed by atoms with Gasteiger partial charge in [-0.2, -0.15) is 24.3 Å². The average molecular weight is 1240 g/mol. The second-order valence-electron chi connectivity index (χ2n) is 21.5. The zero-order chi connectivity index (χ0) is 54.1. The summed E-state index contributed by atoms with van der Waals surface area (Å²) in [6, 6.07) is 105. The molecule has 0 aliphatic heterocycles. The molecule has 16 aromatic carbocycles. The topological polar surface area (TPSA) is 0 Å². The van der Waals surface area contributed by atoms with Crippen LogP contribution in [0.1, 0.15) is 22.3 Å². The molecule has 0 heterocycles. The zero-order valence-corrected chi connectivity index (χ0v) is 52.4. The Morgan fingerprint density at radius 3 is 0.571 bits per heavy atom. The number of hydrogen-bond acceptors (Lipinski definition) is 0. The van der Waals surface area contributed by atoms with Crippen molar-refractivity contribution in [3.8, 4) is 44.5 Å². The van der Waals surface area contributed by atoms with Crippen molar-refractivity contribution in [2.45, 2.75) is 27.7 Å². The summed E-state index contributed by atoms with van der Waals surface area (Å²) in [5.41, 5.74) is 15.9. The van der Waals surface area contributed by atoms with Gasteiger partial charge >= 0.3 is 52.4 Å². The van der Waals surface area contributed by atoms with Crippen molar-refractivity contribution in [2.24, 2.45) is 0 Å². The molecular formula is C80H60F2Zr2-2. The number of aryl methyl sites for hydroxylation is 4. The summed E-state index contributed by atoms with van der Waals surface area (Å²) >= 11 is 0. The van der Waals surface area contributed by atoms with Crippen LogP contribution in [0.3, 0.4) is 0 Å². The molecule has 0 unspecified atom stereocenters. The van der Waals surface area contributed by atoms with Crippen LogP contribution in [0.4, 0.5) is 0 Å². The molecule has 0 spiro atoms. The van der Waals surface area contributed by atoms with Gasteiger partial charge in [0.25, 0.3) is 0 Å². The molecule has 0 nitrogen and oxygen atoms in total. The second-order valence-corrected chi connectivity index (χ2v) is 21.5. The van der Waals surface area contributed by atoms with Gasteiger partial charge in [0.2, 0.25) is 0 Å². The maximum atomic E-state index is 2.28. The van der Waals surface area contributed by atoms with Crippen LogP contribution < -0.4 is 9.41 Å². The molecule has 16 rings (SSSR count). The average Bonchev–Trinajstić information content (AvgIpc) is 4.47. The van der Waals surface area contributed by atoms with E-state index in [0.29, 0.717) is 0 Å². The minimum atomic E-state index is 0. The minimum absolute atomic E-state index is 0. The summed E-state index contributed by atoms with van der Waals surface area (Å²) in [7, 11) is 0. The van der Waals surface area contributed by atoms with Gasteiger partial charge in [-0.3, -0.25) is 0 Å². The van der Waals surface area contributed by atoms with Crippen LogP contribution >= 0.6 is 0 Å². The summed E-state index contributed by atoms with van der Waals surface area (Å²) in [6.45, 7) is 8.64.